The number of carbonyl (C=O) groups is 1. The highest BCUT2D eigenvalue weighted by Crippen LogP contribution is 2.25. The maximum absolute atomic E-state index is 12.3. The van der Waals surface area contributed by atoms with Gasteiger partial charge < -0.3 is 15.0 Å². The molecule has 1 aliphatic rings. The van der Waals surface area contributed by atoms with E-state index in [0.29, 0.717) is 36.3 Å². The highest BCUT2D eigenvalue weighted by molar-refractivity contribution is 5.73. The van der Waals surface area contributed by atoms with E-state index in [4.69, 9.17) is 5.11 Å². The fourth-order valence-electron chi connectivity index (χ4n) is 2.94. The van der Waals surface area contributed by atoms with Crippen LogP contribution in [0, 0.1) is 0 Å². The van der Waals surface area contributed by atoms with Crippen LogP contribution < -0.4 is 16.1 Å². The van der Waals surface area contributed by atoms with Gasteiger partial charge in [-0.15, -0.1) is 0 Å². The van der Waals surface area contributed by atoms with Crippen molar-refractivity contribution in [2.45, 2.75) is 19.4 Å². The van der Waals surface area contributed by atoms with Crippen LogP contribution in [-0.2, 0) is 31.2 Å². The summed E-state index contributed by atoms with van der Waals surface area (Å²) in [5.41, 5.74) is 2.05. The zero-order valence-electron chi connectivity index (χ0n) is 12.7. The zero-order chi connectivity index (χ0) is 16.6. The van der Waals surface area contributed by atoms with Crippen LogP contribution in [0.25, 0.3) is 0 Å². The molecule has 2 heterocycles. The minimum Gasteiger partial charge on any atom is -0.481 e. The Morgan fingerprint density at radius 3 is 2.78 bits per heavy atom. The number of para-hydroxylation sites is 1. The minimum atomic E-state index is -0.893. The van der Waals surface area contributed by atoms with Crippen LogP contribution in [0.3, 0.4) is 0 Å². The fourth-order valence-corrected chi connectivity index (χ4v) is 2.94. The van der Waals surface area contributed by atoms with E-state index in [-0.39, 0.29) is 12.0 Å². The number of aliphatic carboxylic acids is 1. The van der Waals surface area contributed by atoms with Crippen LogP contribution in [0.4, 0.5) is 5.69 Å². The Morgan fingerprint density at radius 1 is 1.30 bits per heavy atom. The Bertz CT molecular complexity index is 882. The summed E-state index contributed by atoms with van der Waals surface area (Å²) in [5.74, 6) is -0.893. The second kappa shape index (κ2) is 5.75. The molecule has 0 fully saturated rings. The van der Waals surface area contributed by atoms with Crippen molar-refractivity contribution in [3.05, 3.63) is 61.9 Å². The summed E-state index contributed by atoms with van der Waals surface area (Å²) in [6.07, 6.45) is 0.477. The molecule has 2 aromatic rings. The third-order valence-electron chi connectivity index (χ3n) is 4.14. The summed E-state index contributed by atoms with van der Waals surface area (Å²) < 4.78 is 1.06. The van der Waals surface area contributed by atoms with E-state index in [1.807, 2.05) is 17.0 Å². The lowest BCUT2D eigenvalue weighted by Crippen LogP contribution is -2.43. The molecule has 0 bridgehead atoms. The number of fused-ring (bicyclic) bond motifs is 1. The lowest BCUT2D eigenvalue weighted by molar-refractivity contribution is -0.136. The number of nitrogens with zero attached hydrogens (tertiary/aromatic N) is 2. The van der Waals surface area contributed by atoms with E-state index >= 15 is 0 Å². The van der Waals surface area contributed by atoms with Gasteiger partial charge in [0, 0.05) is 31.4 Å². The standard InChI is InChI=1S/C16H17N3O4/c1-18-15(22)11-9-19(7-6-12(11)17-16(18)23)13-5-3-2-4-10(13)8-14(20)21/h2-5H,6-9H2,1H3,(H,17,23)(H,20,21). The van der Waals surface area contributed by atoms with Gasteiger partial charge in [0.1, 0.15) is 0 Å². The smallest absolute Gasteiger partial charge is 0.328 e. The first-order valence-corrected chi connectivity index (χ1v) is 7.33. The summed E-state index contributed by atoms with van der Waals surface area (Å²) in [4.78, 5) is 39.7. The molecule has 2 N–H and O–H groups in total. The monoisotopic (exact) mass is 315 g/mol. The molecule has 0 saturated heterocycles. The van der Waals surface area contributed by atoms with Gasteiger partial charge >= 0.3 is 11.7 Å². The number of aromatic amines is 1. The maximum Gasteiger partial charge on any atom is 0.328 e. The Labute approximate surface area is 131 Å². The number of benzene rings is 1. The molecule has 0 amide bonds. The minimum absolute atomic E-state index is 0.0663. The van der Waals surface area contributed by atoms with Crippen LogP contribution in [0.1, 0.15) is 16.8 Å². The number of anilines is 1. The Kier molecular flexibility index (Phi) is 3.77. The normalized spacial score (nSPS) is 13.7. The van der Waals surface area contributed by atoms with Crippen molar-refractivity contribution in [3.8, 4) is 0 Å². The van der Waals surface area contributed by atoms with E-state index in [1.54, 1.807) is 12.1 Å². The molecule has 3 rings (SSSR count). The van der Waals surface area contributed by atoms with Gasteiger partial charge in [-0.2, -0.15) is 0 Å². The van der Waals surface area contributed by atoms with Crippen molar-refractivity contribution in [1.29, 1.82) is 0 Å². The molecule has 1 aromatic carbocycles. The van der Waals surface area contributed by atoms with Crippen molar-refractivity contribution < 1.29 is 9.90 Å². The first kappa shape index (κ1) is 15.1. The quantitative estimate of drug-likeness (QED) is 0.847. The van der Waals surface area contributed by atoms with Gasteiger partial charge in [-0.25, -0.2) is 4.79 Å². The summed E-state index contributed by atoms with van der Waals surface area (Å²) in [5, 5.41) is 9.05. The molecule has 0 unspecified atom stereocenters. The van der Waals surface area contributed by atoms with Gasteiger partial charge in [-0.05, 0) is 11.6 Å². The average molecular weight is 315 g/mol. The fraction of sp³-hybridized carbons (Fsp3) is 0.312. The predicted molar refractivity (Wildman–Crippen MR) is 84.8 cm³/mol. The zero-order valence-corrected chi connectivity index (χ0v) is 12.7. The van der Waals surface area contributed by atoms with Crippen LogP contribution in [-0.4, -0.2) is 27.2 Å². The molecule has 0 saturated carbocycles. The second-order valence-corrected chi connectivity index (χ2v) is 5.62. The molecule has 1 aromatic heterocycles. The summed E-state index contributed by atoms with van der Waals surface area (Å²) in [6, 6.07) is 7.29. The molecule has 0 spiro atoms. The van der Waals surface area contributed by atoms with E-state index in [0.717, 1.165) is 10.3 Å². The molecule has 7 heteroatoms. The van der Waals surface area contributed by atoms with Crippen molar-refractivity contribution in [3.63, 3.8) is 0 Å². The Hall–Kier alpha value is -2.83. The van der Waals surface area contributed by atoms with E-state index in [9.17, 15) is 14.4 Å². The number of carboxylic acids is 1. The van der Waals surface area contributed by atoms with Gasteiger partial charge in [0.15, 0.2) is 0 Å². The van der Waals surface area contributed by atoms with Crippen molar-refractivity contribution >= 4 is 11.7 Å². The van der Waals surface area contributed by atoms with Gasteiger partial charge in [0.2, 0.25) is 0 Å². The number of hydrogen-bond donors (Lipinski definition) is 2. The number of H-pyrrole nitrogens is 1. The SMILES string of the molecule is Cn1c(=O)[nH]c2c(c1=O)CN(c1ccccc1CC(=O)O)CC2. The van der Waals surface area contributed by atoms with Crippen molar-refractivity contribution in [1.82, 2.24) is 9.55 Å². The molecular formula is C16H17N3O4. The molecule has 120 valence electrons. The van der Waals surface area contributed by atoms with Crippen LogP contribution in [0.5, 0.6) is 0 Å². The Balaban J connectivity index is 2.00. The molecule has 1 aliphatic heterocycles. The van der Waals surface area contributed by atoms with Gasteiger partial charge in [-0.3, -0.25) is 14.2 Å². The van der Waals surface area contributed by atoms with E-state index in [2.05, 4.69) is 4.98 Å². The van der Waals surface area contributed by atoms with E-state index in [1.165, 1.54) is 7.05 Å². The maximum atomic E-state index is 12.3. The molecule has 0 atom stereocenters. The molecular weight excluding hydrogens is 298 g/mol. The molecule has 0 aliphatic carbocycles. The van der Waals surface area contributed by atoms with Crippen molar-refractivity contribution in [2.75, 3.05) is 11.4 Å². The molecule has 0 radical (unpaired) electrons. The van der Waals surface area contributed by atoms with Gasteiger partial charge in [-0.1, -0.05) is 18.2 Å². The number of aromatic nitrogens is 2. The summed E-state index contributed by atoms with van der Waals surface area (Å²) >= 11 is 0. The van der Waals surface area contributed by atoms with Gasteiger partial charge in [0.05, 0.1) is 18.5 Å². The first-order valence-electron chi connectivity index (χ1n) is 7.33. The third-order valence-corrected chi connectivity index (χ3v) is 4.14. The van der Waals surface area contributed by atoms with Gasteiger partial charge in [0.25, 0.3) is 5.56 Å². The highest BCUT2D eigenvalue weighted by Gasteiger charge is 2.23. The number of hydrogen-bond acceptors (Lipinski definition) is 4. The average Bonchev–Trinajstić information content (AvgIpc) is 2.53. The summed E-state index contributed by atoms with van der Waals surface area (Å²) in [6.45, 7) is 0.974. The number of rotatable bonds is 3. The van der Waals surface area contributed by atoms with Crippen molar-refractivity contribution in [2.24, 2.45) is 7.05 Å². The number of nitrogens with one attached hydrogen (secondary N) is 1. The lowest BCUT2D eigenvalue weighted by Gasteiger charge is -2.31. The first-order chi connectivity index (χ1) is 11.0. The Morgan fingerprint density at radius 2 is 2.04 bits per heavy atom. The van der Waals surface area contributed by atoms with Crippen LogP contribution in [0.15, 0.2) is 33.9 Å². The lowest BCUT2D eigenvalue weighted by atomic mass is 10.0. The highest BCUT2D eigenvalue weighted by atomic mass is 16.4. The van der Waals surface area contributed by atoms with E-state index < -0.39 is 11.7 Å². The molecule has 23 heavy (non-hydrogen) atoms. The molecule has 7 nitrogen and oxygen atoms in total. The number of carboxylic acid groups (broad SMARTS) is 1. The van der Waals surface area contributed by atoms with Crippen LogP contribution >= 0.6 is 0 Å². The largest absolute Gasteiger partial charge is 0.481 e. The second-order valence-electron chi connectivity index (χ2n) is 5.62. The third kappa shape index (κ3) is 2.77. The summed E-state index contributed by atoms with van der Waals surface area (Å²) in [7, 11) is 1.44. The predicted octanol–water partition coefficient (Wildman–Crippen LogP) is 0.263. The van der Waals surface area contributed by atoms with Crippen LogP contribution in [0.2, 0.25) is 0 Å². The topological polar surface area (TPSA) is 95.4 Å².